The highest BCUT2D eigenvalue weighted by atomic mass is 32.1. The number of hydrogen-bond donors (Lipinski definition) is 2. The molecule has 1 aromatic carbocycles. The maximum absolute atomic E-state index is 12.6. The topological polar surface area (TPSA) is 67.8 Å². The van der Waals surface area contributed by atoms with E-state index < -0.39 is 11.9 Å². The van der Waals surface area contributed by atoms with Gasteiger partial charge in [0.15, 0.2) is 11.7 Å². The van der Waals surface area contributed by atoms with E-state index in [-0.39, 0.29) is 0 Å². The van der Waals surface area contributed by atoms with Crippen LogP contribution in [0.15, 0.2) is 34.6 Å². The molecule has 0 aliphatic carbocycles. The van der Waals surface area contributed by atoms with Crippen LogP contribution < -0.4 is 15.4 Å². The van der Waals surface area contributed by atoms with Crippen molar-refractivity contribution in [2.24, 2.45) is 4.99 Å². The van der Waals surface area contributed by atoms with E-state index in [1.165, 1.54) is 0 Å². The summed E-state index contributed by atoms with van der Waals surface area (Å²) >= 11 is 0.996. The molecule has 0 unspecified atom stereocenters. The van der Waals surface area contributed by atoms with Crippen molar-refractivity contribution in [1.82, 2.24) is 10.3 Å². The Balaban J connectivity index is 1.81. The van der Waals surface area contributed by atoms with Crippen LogP contribution in [-0.2, 0) is 17.3 Å². The minimum absolute atomic E-state index is 0.365. The predicted molar refractivity (Wildman–Crippen MR) is 104 cm³/mol. The summed E-state index contributed by atoms with van der Waals surface area (Å²) in [6, 6.07) is 7.42. The van der Waals surface area contributed by atoms with E-state index in [4.69, 9.17) is 9.47 Å². The van der Waals surface area contributed by atoms with Gasteiger partial charge in [-0.25, -0.2) is 4.98 Å². The van der Waals surface area contributed by atoms with E-state index in [9.17, 15) is 13.2 Å². The molecule has 0 bridgehead atoms. The van der Waals surface area contributed by atoms with Crippen molar-refractivity contribution in [3.63, 3.8) is 0 Å². The third kappa shape index (κ3) is 7.35. The molecule has 0 aliphatic heterocycles. The summed E-state index contributed by atoms with van der Waals surface area (Å²) in [6.07, 6.45) is -3.25. The maximum atomic E-state index is 12.6. The molecule has 0 aliphatic rings. The van der Waals surface area contributed by atoms with E-state index in [0.717, 1.165) is 34.6 Å². The lowest BCUT2D eigenvalue weighted by molar-refractivity contribution is -0.140. The van der Waals surface area contributed by atoms with Gasteiger partial charge in [-0.05, 0) is 12.1 Å². The second-order valence-corrected chi connectivity index (χ2v) is 6.66. The fourth-order valence-corrected chi connectivity index (χ4v) is 3.02. The van der Waals surface area contributed by atoms with Crippen LogP contribution in [0, 0.1) is 0 Å². The molecule has 6 nitrogen and oxygen atoms in total. The van der Waals surface area contributed by atoms with Crippen molar-refractivity contribution in [2.75, 3.05) is 39.2 Å². The largest absolute Gasteiger partial charge is 0.493 e. The first kappa shape index (κ1) is 22.0. The average molecular weight is 416 g/mol. The van der Waals surface area contributed by atoms with Gasteiger partial charge in [0.2, 0.25) is 0 Å². The lowest BCUT2D eigenvalue weighted by Gasteiger charge is -2.13. The van der Waals surface area contributed by atoms with Crippen LogP contribution in [0.4, 0.5) is 18.9 Å². The summed E-state index contributed by atoms with van der Waals surface area (Å²) in [6.45, 7) is 1.59. The van der Waals surface area contributed by atoms with Crippen LogP contribution >= 0.6 is 11.3 Å². The van der Waals surface area contributed by atoms with Gasteiger partial charge in [-0.1, -0.05) is 6.07 Å². The minimum atomic E-state index is -4.41. The minimum Gasteiger partial charge on any atom is -0.493 e. The van der Waals surface area contributed by atoms with Crippen molar-refractivity contribution in [3.8, 4) is 5.75 Å². The number of methoxy groups -OCH3 is 1. The number of aromatic nitrogens is 1. The molecule has 2 N–H and O–H groups in total. The summed E-state index contributed by atoms with van der Waals surface area (Å²) in [7, 11) is 3.26. The van der Waals surface area contributed by atoms with Crippen molar-refractivity contribution in [3.05, 3.63) is 40.3 Å². The Kier molecular flexibility index (Phi) is 8.52. The second-order valence-electron chi connectivity index (χ2n) is 5.72. The van der Waals surface area contributed by atoms with Gasteiger partial charge in [0, 0.05) is 57.3 Å². The molecule has 0 saturated carbocycles. The Morgan fingerprint density at radius 3 is 2.79 bits per heavy atom. The number of halogens is 3. The Labute approximate surface area is 165 Å². The molecule has 0 spiro atoms. The van der Waals surface area contributed by atoms with Crippen LogP contribution in [-0.4, -0.2) is 44.9 Å². The third-order valence-corrected chi connectivity index (χ3v) is 4.46. The maximum Gasteiger partial charge on any atom is 0.434 e. The smallest absolute Gasteiger partial charge is 0.434 e. The third-order valence-electron chi connectivity index (χ3n) is 3.56. The predicted octanol–water partition coefficient (Wildman–Crippen LogP) is 3.81. The molecular formula is C18H23F3N4O2S. The number of guanidine groups is 1. The van der Waals surface area contributed by atoms with Crippen molar-refractivity contribution < 1.29 is 22.6 Å². The zero-order chi connectivity index (χ0) is 20.4. The number of thiazole rings is 1. The zero-order valence-electron chi connectivity index (χ0n) is 15.7. The number of nitrogens with zero attached hydrogens (tertiary/aromatic N) is 2. The Hall–Kier alpha value is -2.33. The molecule has 1 heterocycles. The second kappa shape index (κ2) is 10.9. The normalized spacial score (nSPS) is 12.1. The monoisotopic (exact) mass is 416 g/mol. The summed E-state index contributed by atoms with van der Waals surface area (Å²) < 4.78 is 48.4. The van der Waals surface area contributed by atoms with Crippen molar-refractivity contribution in [2.45, 2.75) is 19.0 Å². The molecule has 1 aromatic heterocycles. The average Bonchev–Trinajstić information content (AvgIpc) is 3.14. The summed E-state index contributed by atoms with van der Waals surface area (Å²) in [5.74, 6) is 1.23. The van der Waals surface area contributed by atoms with E-state index in [2.05, 4.69) is 20.6 Å². The van der Waals surface area contributed by atoms with E-state index in [0.29, 0.717) is 37.1 Å². The van der Waals surface area contributed by atoms with Gasteiger partial charge in [-0.3, -0.25) is 4.99 Å². The van der Waals surface area contributed by atoms with Crippen molar-refractivity contribution >= 4 is 23.0 Å². The highest BCUT2D eigenvalue weighted by Gasteiger charge is 2.33. The highest BCUT2D eigenvalue weighted by molar-refractivity contribution is 7.09. The van der Waals surface area contributed by atoms with Crippen LogP contribution in [0.5, 0.6) is 5.75 Å². The Bertz CT molecular complexity index is 765. The number of rotatable bonds is 9. The van der Waals surface area contributed by atoms with Gasteiger partial charge in [0.05, 0.1) is 11.6 Å². The lowest BCUT2D eigenvalue weighted by atomic mass is 10.3. The van der Waals surface area contributed by atoms with Crippen LogP contribution in [0.2, 0.25) is 0 Å². The standard InChI is InChI=1S/C18H23F3N4O2S/c1-22-17(23-8-7-16-25-15(12-28-16)18(19,20)21)24-13-5-3-6-14(11-13)27-10-4-9-26-2/h3,5-6,11-12H,4,7-10H2,1-2H3,(H2,22,23,24). The molecule has 0 amide bonds. The quantitative estimate of drug-likeness (QED) is 0.370. The van der Waals surface area contributed by atoms with Gasteiger partial charge in [0.25, 0.3) is 0 Å². The molecule has 0 radical (unpaired) electrons. The van der Waals surface area contributed by atoms with Crippen LogP contribution in [0.3, 0.4) is 0 Å². The summed E-state index contributed by atoms with van der Waals surface area (Å²) in [5, 5.41) is 7.63. The number of benzene rings is 1. The molecule has 28 heavy (non-hydrogen) atoms. The molecule has 10 heteroatoms. The molecule has 2 aromatic rings. The number of hydrogen-bond acceptors (Lipinski definition) is 5. The SMILES string of the molecule is CN=C(NCCc1nc(C(F)(F)F)cs1)Nc1cccc(OCCCOC)c1. The first-order valence-corrected chi connectivity index (χ1v) is 9.51. The molecule has 0 fully saturated rings. The molecular weight excluding hydrogens is 393 g/mol. The van der Waals surface area contributed by atoms with E-state index in [1.54, 1.807) is 14.2 Å². The first-order chi connectivity index (χ1) is 13.4. The van der Waals surface area contributed by atoms with Gasteiger partial charge in [-0.15, -0.1) is 11.3 Å². The molecule has 0 atom stereocenters. The molecule has 0 saturated heterocycles. The number of ether oxygens (including phenoxy) is 2. The fourth-order valence-electron chi connectivity index (χ4n) is 2.22. The van der Waals surface area contributed by atoms with Crippen LogP contribution in [0.25, 0.3) is 0 Å². The van der Waals surface area contributed by atoms with Crippen LogP contribution in [0.1, 0.15) is 17.1 Å². The number of aliphatic imine (C=N–C) groups is 1. The van der Waals surface area contributed by atoms with Gasteiger partial charge >= 0.3 is 6.18 Å². The molecule has 2 rings (SSSR count). The Morgan fingerprint density at radius 2 is 2.11 bits per heavy atom. The summed E-state index contributed by atoms with van der Waals surface area (Å²) in [5.41, 5.74) is -0.0664. The van der Waals surface area contributed by atoms with Gasteiger partial charge in [0.1, 0.15) is 5.75 Å². The number of nitrogens with one attached hydrogen (secondary N) is 2. The number of anilines is 1. The fraction of sp³-hybridized carbons (Fsp3) is 0.444. The first-order valence-electron chi connectivity index (χ1n) is 8.63. The summed E-state index contributed by atoms with van der Waals surface area (Å²) in [4.78, 5) is 7.72. The molecule has 154 valence electrons. The number of alkyl halides is 3. The van der Waals surface area contributed by atoms with E-state index in [1.807, 2.05) is 24.3 Å². The Morgan fingerprint density at radius 1 is 1.29 bits per heavy atom. The zero-order valence-corrected chi connectivity index (χ0v) is 16.5. The lowest BCUT2D eigenvalue weighted by Crippen LogP contribution is -2.32. The van der Waals surface area contributed by atoms with Gasteiger partial charge in [-0.2, -0.15) is 13.2 Å². The van der Waals surface area contributed by atoms with Crippen molar-refractivity contribution in [1.29, 1.82) is 0 Å². The highest BCUT2D eigenvalue weighted by Crippen LogP contribution is 2.30. The van der Waals surface area contributed by atoms with Gasteiger partial charge < -0.3 is 20.1 Å². The van der Waals surface area contributed by atoms with E-state index >= 15 is 0 Å².